The highest BCUT2D eigenvalue weighted by molar-refractivity contribution is 5.94. The normalized spacial score (nSPS) is 24.5. The summed E-state index contributed by atoms with van der Waals surface area (Å²) < 4.78 is 29.7. The van der Waals surface area contributed by atoms with Crippen molar-refractivity contribution in [1.82, 2.24) is 19.6 Å². The molecule has 1 heterocycles. The average molecular weight is 1010 g/mol. The number of hydrogen-bond donors (Lipinski definition) is 0. The van der Waals surface area contributed by atoms with Gasteiger partial charge in [0.1, 0.15) is 29.9 Å². The molecule has 1 aliphatic heterocycles. The summed E-state index contributed by atoms with van der Waals surface area (Å²) in [7, 11) is 5.55. The van der Waals surface area contributed by atoms with Crippen molar-refractivity contribution in [2.75, 3.05) is 28.2 Å². The van der Waals surface area contributed by atoms with Crippen molar-refractivity contribution >= 4 is 47.5 Å². The summed E-state index contributed by atoms with van der Waals surface area (Å²) in [6, 6.07) is 10.7. The number of likely N-dealkylation sites (N-methyl/N-ethyl adjacent to an activating group) is 4. The maximum Gasteiger partial charge on any atom is 0.329 e. The number of ether oxygens (including phenoxy) is 5. The molecule has 0 bridgehead atoms. The average Bonchev–Trinajstić information content (AvgIpc) is 3.31. The number of amides is 4. The SMILES string of the molecule is CC(C)C[C@H]1C(=O)O[C@H](Cc2ccc(OC(C)C)cc2)C(=O)N(C)[C@@H](CC(C)C)C(=O)O[C@H](C)C(=O)N(C)[C@@H](CC(C)C)C(=O)O[C@H](Cc2ccccc2)C(=O)N(C)[C@@H](CC(C)C)C(=O)O[C@H](C)C(=O)N1C. The zero-order valence-electron chi connectivity index (χ0n) is 45.5. The maximum absolute atomic E-state index is 14.8. The first kappa shape index (κ1) is 60.3. The molecule has 0 spiro atoms. The number of esters is 4. The van der Waals surface area contributed by atoms with Gasteiger partial charge >= 0.3 is 23.9 Å². The van der Waals surface area contributed by atoms with Crippen LogP contribution in [0.5, 0.6) is 5.75 Å². The fourth-order valence-electron chi connectivity index (χ4n) is 8.50. The van der Waals surface area contributed by atoms with E-state index in [4.69, 9.17) is 23.7 Å². The van der Waals surface area contributed by atoms with Crippen molar-refractivity contribution in [2.24, 2.45) is 23.7 Å². The van der Waals surface area contributed by atoms with Crippen molar-refractivity contribution in [2.45, 2.75) is 176 Å². The molecule has 0 saturated carbocycles. The molecule has 72 heavy (non-hydrogen) atoms. The Balaban J connectivity index is 2.26. The highest BCUT2D eigenvalue weighted by Gasteiger charge is 2.43. The summed E-state index contributed by atoms with van der Waals surface area (Å²) in [5, 5.41) is 0. The minimum atomic E-state index is -1.52. The fraction of sp³-hybridized carbons (Fsp3) is 0.636. The number of benzene rings is 2. The Hall–Kier alpha value is -6.00. The molecular weight excluding hydrogens is 925 g/mol. The Morgan fingerprint density at radius 3 is 1.01 bits per heavy atom. The summed E-state index contributed by atoms with van der Waals surface area (Å²) in [5.41, 5.74) is 1.24. The zero-order chi connectivity index (χ0) is 54.3. The Kier molecular flexibility index (Phi) is 23.2. The van der Waals surface area contributed by atoms with E-state index in [1.54, 1.807) is 54.6 Å². The molecule has 17 nitrogen and oxygen atoms in total. The quantitative estimate of drug-likeness (QED) is 0.148. The molecular formula is C55H82N4O13. The third kappa shape index (κ3) is 17.6. The van der Waals surface area contributed by atoms with E-state index in [1.807, 2.05) is 69.2 Å². The molecule has 1 saturated heterocycles. The van der Waals surface area contributed by atoms with E-state index in [0.29, 0.717) is 16.9 Å². The number of carbonyl (C=O) groups is 8. The topological polar surface area (TPSA) is 196 Å². The van der Waals surface area contributed by atoms with Crippen LogP contribution in [0.25, 0.3) is 0 Å². The standard InChI is InChI=1S/C55H82N4O13/c1-32(2)26-42-52(64)69-38(12)49(61)57(14)45(29-35(7)8)55(67)72-47(31-40-22-24-41(25-23-40)68-36(9)10)51(63)59(16)43(27-33(3)4)53(65)70-37(11)48(60)56(13)44(28-34(5)6)54(66)71-46(50(62)58(42)15)30-39-20-18-17-19-21-39/h17-25,32-38,42-47H,26-31H2,1-16H3/t37-,38-,42+,43+,44+,45+,46-,47-/m1/s1. The van der Waals surface area contributed by atoms with Crippen LogP contribution in [0.2, 0.25) is 0 Å². The summed E-state index contributed by atoms with van der Waals surface area (Å²) >= 11 is 0. The third-order valence-electron chi connectivity index (χ3n) is 12.5. The fourth-order valence-corrected chi connectivity index (χ4v) is 8.50. The van der Waals surface area contributed by atoms with Crippen LogP contribution >= 0.6 is 0 Å². The van der Waals surface area contributed by atoms with E-state index in [-0.39, 0.29) is 68.3 Å². The molecule has 400 valence electrons. The summed E-state index contributed by atoms with van der Waals surface area (Å²) in [4.78, 5) is 120. The van der Waals surface area contributed by atoms with Gasteiger partial charge in [0.05, 0.1) is 6.10 Å². The summed E-state index contributed by atoms with van der Waals surface area (Å²) in [6.07, 6.45) is -5.86. The molecule has 0 unspecified atom stereocenters. The van der Waals surface area contributed by atoms with Gasteiger partial charge in [0.15, 0.2) is 24.4 Å². The molecule has 0 aliphatic carbocycles. The molecule has 1 fully saturated rings. The molecule has 1 aliphatic rings. The van der Waals surface area contributed by atoms with Gasteiger partial charge in [-0.3, -0.25) is 19.2 Å². The lowest BCUT2D eigenvalue weighted by atomic mass is 10.00. The second-order valence-electron chi connectivity index (χ2n) is 21.1. The van der Waals surface area contributed by atoms with E-state index in [9.17, 15) is 38.4 Å². The number of rotatable bonds is 14. The van der Waals surface area contributed by atoms with Gasteiger partial charge in [-0.15, -0.1) is 0 Å². The Labute approximate surface area is 427 Å². The second-order valence-corrected chi connectivity index (χ2v) is 21.1. The van der Waals surface area contributed by atoms with Crippen LogP contribution in [-0.2, 0) is 70.1 Å². The van der Waals surface area contributed by atoms with Gasteiger partial charge in [-0.1, -0.05) is 97.9 Å². The van der Waals surface area contributed by atoms with Crippen LogP contribution in [0, 0.1) is 23.7 Å². The van der Waals surface area contributed by atoms with Crippen LogP contribution in [-0.4, -0.2) is 150 Å². The van der Waals surface area contributed by atoms with E-state index < -0.39 is 96.1 Å². The van der Waals surface area contributed by atoms with E-state index in [2.05, 4.69) is 0 Å². The molecule has 3 rings (SSSR count). The number of hydrogen-bond acceptors (Lipinski definition) is 13. The lowest BCUT2D eigenvalue weighted by Crippen LogP contribution is -2.55. The molecule has 0 aromatic heterocycles. The Morgan fingerprint density at radius 2 is 0.708 bits per heavy atom. The predicted molar refractivity (Wildman–Crippen MR) is 271 cm³/mol. The van der Waals surface area contributed by atoms with E-state index in [1.165, 1.54) is 42.0 Å². The maximum atomic E-state index is 14.8. The van der Waals surface area contributed by atoms with Crippen LogP contribution in [0.15, 0.2) is 54.6 Å². The number of nitrogens with zero attached hydrogens (tertiary/aromatic N) is 4. The summed E-state index contributed by atoms with van der Waals surface area (Å²) in [5.74, 6) is -6.70. The summed E-state index contributed by atoms with van der Waals surface area (Å²) in [6.45, 7) is 21.3. The smallest absolute Gasteiger partial charge is 0.329 e. The Morgan fingerprint density at radius 1 is 0.417 bits per heavy atom. The molecule has 2 aromatic carbocycles. The zero-order valence-corrected chi connectivity index (χ0v) is 45.5. The van der Waals surface area contributed by atoms with Gasteiger partial charge in [0.25, 0.3) is 23.6 Å². The first-order valence-corrected chi connectivity index (χ1v) is 25.3. The van der Waals surface area contributed by atoms with Crippen LogP contribution in [0.3, 0.4) is 0 Å². The van der Waals surface area contributed by atoms with Crippen LogP contribution in [0.1, 0.15) is 120 Å². The van der Waals surface area contributed by atoms with Gasteiger partial charge < -0.3 is 43.3 Å². The lowest BCUT2D eigenvalue weighted by Gasteiger charge is -2.35. The van der Waals surface area contributed by atoms with E-state index >= 15 is 0 Å². The third-order valence-corrected chi connectivity index (χ3v) is 12.5. The van der Waals surface area contributed by atoms with Gasteiger partial charge in [-0.05, 0) is 100 Å². The lowest BCUT2D eigenvalue weighted by molar-refractivity contribution is -0.176. The minimum Gasteiger partial charge on any atom is -0.491 e. The van der Waals surface area contributed by atoms with Crippen molar-refractivity contribution in [1.29, 1.82) is 0 Å². The number of cyclic esters (lactones) is 4. The van der Waals surface area contributed by atoms with Crippen molar-refractivity contribution in [3.8, 4) is 5.75 Å². The molecule has 8 atom stereocenters. The monoisotopic (exact) mass is 1010 g/mol. The van der Waals surface area contributed by atoms with Gasteiger partial charge in [0.2, 0.25) is 0 Å². The van der Waals surface area contributed by atoms with Crippen molar-refractivity contribution in [3.63, 3.8) is 0 Å². The largest absolute Gasteiger partial charge is 0.491 e. The first-order chi connectivity index (χ1) is 33.6. The Bertz CT molecular complexity index is 2130. The number of carbonyl (C=O) groups excluding carboxylic acids is 8. The molecule has 2 aromatic rings. The van der Waals surface area contributed by atoms with Crippen LogP contribution in [0.4, 0.5) is 0 Å². The highest BCUT2D eigenvalue weighted by Crippen LogP contribution is 2.25. The first-order valence-electron chi connectivity index (χ1n) is 25.3. The molecule has 0 N–H and O–H groups in total. The highest BCUT2D eigenvalue weighted by atomic mass is 16.6. The second kappa shape index (κ2) is 27.7. The van der Waals surface area contributed by atoms with Crippen molar-refractivity contribution < 1.29 is 62.0 Å². The van der Waals surface area contributed by atoms with Gasteiger partial charge in [0, 0.05) is 41.0 Å². The van der Waals surface area contributed by atoms with Gasteiger partial charge in [-0.2, -0.15) is 0 Å². The molecule has 0 radical (unpaired) electrons. The molecule has 4 amide bonds. The van der Waals surface area contributed by atoms with Crippen LogP contribution < -0.4 is 4.74 Å². The van der Waals surface area contributed by atoms with E-state index in [0.717, 1.165) is 19.6 Å². The predicted octanol–water partition coefficient (Wildman–Crippen LogP) is 6.45. The minimum absolute atomic E-state index is 0.0871. The van der Waals surface area contributed by atoms with Gasteiger partial charge in [-0.25, -0.2) is 19.2 Å². The molecule has 17 heteroatoms. The van der Waals surface area contributed by atoms with Crippen molar-refractivity contribution in [3.05, 3.63) is 65.7 Å².